The van der Waals surface area contributed by atoms with Crippen LogP contribution in [0.3, 0.4) is 0 Å². The maximum Gasteiger partial charge on any atom is 0.108 e. The number of rotatable bonds is 5. The molecule has 1 N–H and O–H groups in total. The van der Waals surface area contributed by atoms with Crippen LogP contribution >= 0.6 is 0 Å². The van der Waals surface area contributed by atoms with Crippen LogP contribution in [-0.2, 0) is 6.42 Å². The van der Waals surface area contributed by atoms with E-state index in [1.165, 1.54) is 11.1 Å². The van der Waals surface area contributed by atoms with E-state index in [9.17, 15) is 0 Å². The molecule has 1 atom stereocenters. The van der Waals surface area contributed by atoms with Crippen LogP contribution in [0.25, 0.3) is 0 Å². The average Bonchev–Trinajstić information content (AvgIpc) is 2.64. The number of furan rings is 1. The first-order chi connectivity index (χ1) is 7.19. The minimum atomic E-state index is 0.286. The molecule has 0 saturated heterocycles. The van der Waals surface area contributed by atoms with Gasteiger partial charge in [0.05, 0.1) is 12.3 Å². The molecule has 1 aromatic rings. The molecule has 2 nitrogen and oxygen atoms in total. The van der Waals surface area contributed by atoms with Gasteiger partial charge in [-0.25, -0.2) is 0 Å². The SMILES string of the molecule is CCNC(C=C(C)C)c1ccoc1CC. The van der Waals surface area contributed by atoms with Crippen molar-refractivity contribution in [1.82, 2.24) is 5.32 Å². The van der Waals surface area contributed by atoms with Gasteiger partial charge in [-0.05, 0) is 26.5 Å². The van der Waals surface area contributed by atoms with Crippen molar-refractivity contribution in [2.24, 2.45) is 0 Å². The summed E-state index contributed by atoms with van der Waals surface area (Å²) in [6, 6.07) is 2.35. The number of allylic oxidation sites excluding steroid dienone is 1. The zero-order chi connectivity index (χ0) is 11.3. The Bertz CT molecular complexity index is 321. The lowest BCUT2D eigenvalue weighted by Gasteiger charge is -2.14. The number of hydrogen-bond acceptors (Lipinski definition) is 2. The predicted molar refractivity (Wildman–Crippen MR) is 63.9 cm³/mol. The standard InChI is InChI=1S/C13H21NO/c1-5-13-11(7-8-15-13)12(14-6-2)9-10(3)4/h7-9,12,14H,5-6H2,1-4H3. The number of hydrogen-bond donors (Lipinski definition) is 1. The van der Waals surface area contributed by atoms with Crippen LogP contribution in [0.1, 0.15) is 45.1 Å². The molecule has 1 unspecified atom stereocenters. The van der Waals surface area contributed by atoms with E-state index in [4.69, 9.17) is 4.42 Å². The Morgan fingerprint density at radius 2 is 2.20 bits per heavy atom. The zero-order valence-corrected chi connectivity index (χ0v) is 10.1. The first-order valence-electron chi connectivity index (χ1n) is 5.63. The molecule has 0 aliphatic carbocycles. The van der Waals surface area contributed by atoms with E-state index >= 15 is 0 Å². The molecule has 0 aliphatic heterocycles. The molecule has 2 heteroatoms. The third-order valence-electron chi connectivity index (χ3n) is 2.36. The van der Waals surface area contributed by atoms with E-state index in [2.05, 4.69) is 45.2 Å². The number of likely N-dealkylation sites (N-methyl/N-ethyl adjacent to an activating group) is 1. The van der Waals surface area contributed by atoms with E-state index in [-0.39, 0.29) is 6.04 Å². The highest BCUT2D eigenvalue weighted by Crippen LogP contribution is 2.22. The van der Waals surface area contributed by atoms with Gasteiger partial charge >= 0.3 is 0 Å². The summed E-state index contributed by atoms with van der Waals surface area (Å²) in [6.45, 7) is 9.44. The maximum absolute atomic E-state index is 5.45. The second-order valence-corrected chi connectivity index (χ2v) is 3.93. The van der Waals surface area contributed by atoms with Crippen molar-refractivity contribution in [2.75, 3.05) is 6.54 Å². The molecular formula is C13H21NO. The van der Waals surface area contributed by atoms with Crippen molar-refractivity contribution in [1.29, 1.82) is 0 Å². The largest absolute Gasteiger partial charge is 0.469 e. The fourth-order valence-electron chi connectivity index (χ4n) is 1.73. The molecular weight excluding hydrogens is 186 g/mol. The van der Waals surface area contributed by atoms with Crippen LogP contribution in [0.2, 0.25) is 0 Å². The van der Waals surface area contributed by atoms with Gasteiger partial charge in [0.1, 0.15) is 5.76 Å². The van der Waals surface area contributed by atoms with Gasteiger partial charge in [-0.3, -0.25) is 0 Å². The quantitative estimate of drug-likeness (QED) is 0.748. The summed E-state index contributed by atoms with van der Waals surface area (Å²) in [6.07, 6.45) is 4.96. The highest BCUT2D eigenvalue weighted by molar-refractivity contribution is 5.26. The summed E-state index contributed by atoms with van der Waals surface area (Å²) >= 11 is 0. The third-order valence-corrected chi connectivity index (χ3v) is 2.36. The Morgan fingerprint density at radius 3 is 2.73 bits per heavy atom. The Balaban J connectivity index is 2.93. The van der Waals surface area contributed by atoms with Crippen molar-refractivity contribution in [3.8, 4) is 0 Å². The Labute approximate surface area is 92.4 Å². The average molecular weight is 207 g/mol. The fourth-order valence-corrected chi connectivity index (χ4v) is 1.73. The van der Waals surface area contributed by atoms with E-state index in [1.807, 2.05) is 0 Å². The summed E-state index contributed by atoms with van der Waals surface area (Å²) < 4.78 is 5.45. The molecule has 0 saturated carbocycles. The van der Waals surface area contributed by atoms with E-state index in [0.717, 1.165) is 18.7 Å². The van der Waals surface area contributed by atoms with Crippen molar-refractivity contribution < 1.29 is 4.42 Å². The molecule has 0 aromatic carbocycles. The second-order valence-electron chi connectivity index (χ2n) is 3.93. The Hall–Kier alpha value is -1.02. The van der Waals surface area contributed by atoms with E-state index in [0.29, 0.717) is 0 Å². The summed E-state index contributed by atoms with van der Waals surface area (Å²) in [5.74, 6) is 1.08. The van der Waals surface area contributed by atoms with E-state index < -0.39 is 0 Å². The number of aryl methyl sites for hydroxylation is 1. The molecule has 1 aromatic heterocycles. The molecule has 0 aliphatic rings. The molecule has 0 fully saturated rings. The maximum atomic E-state index is 5.45. The van der Waals surface area contributed by atoms with Crippen molar-refractivity contribution in [3.05, 3.63) is 35.3 Å². The van der Waals surface area contributed by atoms with Gasteiger partial charge in [0.2, 0.25) is 0 Å². The van der Waals surface area contributed by atoms with E-state index in [1.54, 1.807) is 6.26 Å². The summed E-state index contributed by atoms with van der Waals surface area (Å²) in [5, 5.41) is 3.45. The molecule has 15 heavy (non-hydrogen) atoms. The van der Waals surface area contributed by atoms with Gasteiger partial charge in [-0.15, -0.1) is 0 Å². The molecule has 1 rings (SSSR count). The summed E-state index contributed by atoms with van der Waals surface area (Å²) in [7, 11) is 0. The molecule has 0 radical (unpaired) electrons. The van der Waals surface area contributed by atoms with Gasteiger partial charge in [-0.2, -0.15) is 0 Å². The minimum Gasteiger partial charge on any atom is -0.469 e. The minimum absolute atomic E-state index is 0.286. The topological polar surface area (TPSA) is 25.2 Å². The second kappa shape index (κ2) is 5.76. The monoisotopic (exact) mass is 207 g/mol. The first kappa shape index (κ1) is 12.1. The van der Waals surface area contributed by atoms with Crippen LogP contribution in [0.4, 0.5) is 0 Å². The lowest BCUT2D eigenvalue weighted by molar-refractivity contribution is 0.503. The van der Waals surface area contributed by atoms with Gasteiger partial charge in [-0.1, -0.05) is 25.5 Å². The molecule has 0 amide bonds. The van der Waals surface area contributed by atoms with Crippen LogP contribution < -0.4 is 5.32 Å². The summed E-state index contributed by atoms with van der Waals surface area (Å²) in [5.41, 5.74) is 2.59. The highest BCUT2D eigenvalue weighted by Gasteiger charge is 2.13. The lowest BCUT2D eigenvalue weighted by atomic mass is 10.0. The summed E-state index contributed by atoms with van der Waals surface area (Å²) in [4.78, 5) is 0. The van der Waals surface area contributed by atoms with Crippen LogP contribution in [0, 0.1) is 0 Å². The number of nitrogens with one attached hydrogen (secondary N) is 1. The van der Waals surface area contributed by atoms with Crippen LogP contribution in [0.15, 0.2) is 28.4 Å². The van der Waals surface area contributed by atoms with Crippen molar-refractivity contribution >= 4 is 0 Å². The van der Waals surface area contributed by atoms with Gasteiger partial charge in [0, 0.05) is 12.0 Å². The zero-order valence-electron chi connectivity index (χ0n) is 10.1. The molecule has 0 bridgehead atoms. The van der Waals surface area contributed by atoms with Crippen LogP contribution in [0.5, 0.6) is 0 Å². The first-order valence-corrected chi connectivity index (χ1v) is 5.63. The van der Waals surface area contributed by atoms with Crippen molar-refractivity contribution in [3.63, 3.8) is 0 Å². The highest BCUT2D eigenvalue weighted by atomic mass is 16.3. The molecule has 0 spiro atoms. The van der Waals surface area contributed by atoms with Gasteiger partial charge in [0.15, 0.2) is 0 Å². The fraction of sp³-hybridized carbons (Fsp3) is 0.538. The Morgan fingerprint density at radius 1 is 1.47 bits per heavy atom. The molecule has 84 valence electrons. The Kier molecular flexibility index (Phi) is 4.63. The smallest absolute Gasteiger partial charge is 0.108 e. The third kappa shape index (κ3) is 3.24. The van der Waals surface area contributed by atoms with Gasteiger partial charge < -0.3 is 9.73 Å². The molecule has 1 heterocycles. The normalized spacial score (nSPS) is 12.5. The van der Waals surface area contributed by atoms with Gasteiger partial charge in [0.25, 0.3) is 0 Å². The lowest BCUT2D eigenvalue weighted by Crippen LogP contribution is -2.19. The van der Waals surface area contributed by atoms with Crippen LogP contribution in [-0.4, -0.2) is 6.54 Å². The predicted octanol–water partition coefficient (Wildman–Crippen LogP) is 3.46. The van der Waals surface area contributed by atoms with Crippen molar-refractivity contribution in [2.45, 2.75) is 40.2 Å².